The molecule has 0 saturated carbocycles. The van der Waals surface area contributed by atoms with Gasteiger partial charge in [-0.15, -0.1) is 0 Å². The molecule has 1 amide bonds. The molecule has 0 saturated heterocycles. The van der Waals surface area contributed by atoms with Crippen LogP contribution >= 0.6 is 0 Å². The molecule has 0 fully saturated rings. The Balaban J connectivity index is 1.69. The maximum Gasteiger partial charge on any atom is 0.221 e. The summed E-state index contributed by atoms with van der Waals surface area (Å²) in [6.45, 7) is 0.910. The summed E-state index contributed by atoms with van der Waals surface area (Å²) in [7, 11) is 0. The number of hydrogen-bond acceptors (Lipinski definition) is 6. The number of amides is 1. The third kappa shape index (κ3) is 5.82. The van der Waals surface area contributed by atoms with E-state index in [-0.39, 0.29) is 36.2 Å². The molecule has 0 bridgehead atoms. The minimum absolute atomic E-state index is 0.0884. The molecule has 5 N–H and O–H groups in total. The lowest BCUT2D eigenvalue weighted by Crippen LogP contribution is -2.27. The lowest BCUT2D eigenvalue weighted by atomic mass is 10.1. The molecule has 0 atom stereocenters. The highest BCUT2D eigenvalue weighted by molar-refractivity contribution is 5.98. The Morgan fingerprint density at radius 3 is 2.40 bits per heavy atom. The molecule has 0 aliphatic carbocycles. The van der Waals surface area contributed by atoms with Gasteiger partial charge in [0.15, 0.2) is 17.3 Å². The molecule has 0 unspecified atom stereocenters. The Labute approximate surface area is 145 Å². The fourth-order valence-electron chi connectivity index (χ4n) is 2.15. The van der Waals surface area contributed by atoms with Crippen molar-refractivity contribution in [3.8, 4) is 17.2 Å². The first kappa shape index (κ1) is 18.3. The highest BCUT2D eigenvalue weighted by Crippen LogP contribution is 2.24. The van der Waals surface area contributed by atoms with Crippen LogP contribution in [0.5, 0.6) is 17.2 Å². The van der Waals surface area contributed by atoms with E-state index in [0.717, 1.165) is 5.56 Å². The van der Waals surface area contributed by atoms with Gasteiger partial charge in [0.05, 0.1) is 13.0 Å². The monoisotopic (exact) mass is 344 g/mol. The summed E-state index contributed by atoms with van der Waals surface area (Å²) >= 11 is 0. The number of phenols is 2. The molecule has 2 rings (SSSR count). The van der Waals surface area contributed by atoms with Gasteiger partial charge in [0.25, 0.3) is 0 Å². The zero-order valence-corrected chi connectivity index (χ0v) is 13.6. The standard InChI is InChI=1S/C18H20N2O5/c19-18(24)9-12-1-4-14(5-2-12)25-8-7-20-11-17(23)13-3-6-15(21)16(22)10-13/h1-6,10,20-22H,7-9,11H2,(H2,19,24). The Morgan fingerprint density at radius 1 is 1.04 bits per heavy atom. The minimum Gasteiger partial charge on any atom is -0.504 e. The molecule has 7 heteroatoms. The van der Waals surface area contributed by atoms with Crippen molar-refractivity contribution >= 4 is 11.7 Å². The number of ether oxygens (including phenoxy) is 1. The van der Waals surface area contributed by atoms with Crippen LogP contribution in [0.25, 0.3) is 0 Å². The van der Waals surface area contributed by atoms with E-state index in [1.54, 1.807) is 24.3 Å². The third-order valence-electron chi connectivity index (χ3n) is 3.43. The fraction of sp³-hybridized carbons (Fsp3) is 0.222. The van der Waals surface area contributed by atoms with Crippen LogP contribution in [0.1, 0.15) is 15.9 Å². The topological polar surface area (TPSA) is 122 Å². The summed E-state index contributed by atoms with van der Waals surface area (Å²) in [4.78, 5) is 22.8. The van der Waals surface area contributed by atoms with Crippen molar-refractivity contribution in [2.75, 3.05) is 19.7 Å². The van der Waals surface area contributed by atoms with Crippen LogP contribution < -0.4 is 15.8 Å². The van der Waals surface area contributed by atoms with E-state index in [4.69, 9.17) is 10.5 Å². The first-order chi connectivity index (χ1) is 12.0. The molecule has 0 heterocycles. The van der Waals surface area contributed by atoms with E-state index in [1.807, 2.05) is 0 Å². The molecular formula is C18H20N2O5. The SMILES string of the molecule is NC(=O)Cc1ccc(OCCNCC(=O)c2ccc(O)c(O)c2)cc1. The quantitative estimate of drug-likeness (QED) is 0.306. The molecule has 25 heavy (non-hydrogen) atoms. The van der Waals surface area contributed by atoms with E-state index in [0.29, 0.717) is 24.5 Å². The Kier molecular flexibility index (Phi) is 6.36. The van der Waals surface area contributed by atoms with E-state index >= 15 is 0 Å². The molecule has 132 valence electrons. The molecule has 2 aromatic rings. The van der Waals surface area contributed by atoms with E-state index in [2.05, 4.69) is 5.32 Å². The number of carbonyl (C=O) groups is 2. The van der Waals surface area contributed by atoms with Crippen molar-refractivity contribution < 1.29 is 24.5 Å². The maximum absolute atomic E-state index is 11.9. The number of aromatic hydroxyl groups is 2. The third-order valence-corrected chi connectivity index (χ3v) is 3.43. The van der Waals surface area contributed by atoms with Gasteiger partial charge in [-0.1, -0.05) is 12.1 Å². The van der Waals surface area contributed by atoms with Crippen LogP contribution in [0.2, 0.25) is 0 Å². The Hall–Kier alpha value is -3.06. The lowest BCUT2D eigenvalue weighted by Gasteiger charge is -2.08. The fourth-order valence-corrected chi connectivity index (χ4v) is 2.15. The highest BCUT2D eigenvalue weighted by Gasteiger charge is 2.08. The number of carbonyl (C=O) groups excluding carboxylic acids is 2. The van der Waals surface area contributed by atoms with Gasteiger partial charge < -0.3 is 26.0 Å². The van der Waals surface area contributed by atoms with Crippen molar-refractivity contribution in [2.24, 2.45) is 5.73 Å². The molecular weight excluding hydrogens is 324 g/mol. The number of Topliss-reactive ketones (excluding diaryl/α,β-unsaturated/α-hetero) is 1. The molecule has 0 aliphatic heterocycles. The van der Waals surface area contributed by atoms with E-state index in [1.165, 1.54) is 18.2 Å². The van der Waals surface area contributed by atoms with Crippen molar-refractivity contribution in [1.82, 2.24) is 5.32 Å². The molecule has 0 aromatic heterocycles. The molecule has 7 nitrogen and oxygen atoms in total. The van der Waals surface area contributed by atoms with Crippen molar-refractivity contribution in [3.63, 3.8) is 0 Å². The summed E-state index contributed by atoms with van der Waals surface area (Å²) in [5.74, 6) is -0.519. The molecule has 0 spiro atoms. The second-order valence-electron chi connectivity index (χ2n) is 5.44. The first-order valence-corrected chi connectivity index (χ1v) is 7.71. The predicted molar refractivity (Wildman–Crippen MR) is 91.8 cm³/mol. The largest absolute Gasteiger partial charge is 0.504 e. The van der Waals surface area contributed by atoms with Crippen molar-refractivity contribution in [3.05, 3.63) is 53.6 Å². The van der Waals surface area contributed by atoms with E-state index in [9.17, 15) is 19.8 Å². The van der Waals surface area contributed by atoms with Crippen LogP contribution in [0, 0.1) is 0 Å². The second kappa shape index (κ2) is 8.70. The van der Waals surface area contributed by atoms with Crippen LogP contribution in [0.3, 0.4) is 0 Å². The van der Waals surface area contributed by atoms with Gasteiger partial charge >= 0.3 is 0 Å². The van der Waals surface area contributed by atoms with Crippen LogP contribution in [-0.2, 0) is 11.2 Å². The van der Waals surface area contributed by atoms with Gasteiger partial charge in [0.2, 0.25) is 5.91 Å². The smallest absolute Gasteiger partial charge is 0.221 e. The summed E-state index contributed by atoms with van der Waals surface area (Å²) in [5.41, 5.74) is 6.26. The van der Waals surface area contributed by atoms with Crippen LogP contribution in [0.4, 0.5) is 0 Å². The van der Waals surface area contributed by atoms with E-state index < -0.39 is 0 Å². The maximum atomic E-state index is 11.9. The second-order valence-corrected chi connectivity index (χ2v) is 5.44. The molecule has 2 aromatic carbocycles. The normalized spacial score (nSPS) is 10.4. The van der Waals surface area contributed by atoms with Crippen molar-refractivity contribution in [1.29, 1.82) is 0 Å². The number of nitrogens with two attached hydrogens (primary N) is 1. The summed E-state index contributed by atoms with van der Waals surface area (Å²) in [5, 5.41) is 21.6. The summed E-state index contributed by atoms with van der Waals surface area (Å²) < 4.78 is 5.53. The number of rotatable bonds is 9. The average molecular weight is 344 g/mol. The van der Waals surface area contributed by atoms with Crippen molar-refractivity contribution in [2.45, 2.75) is 6.42 Å². The average Bonchev–Trinajstić information content (AvgIpc) is 2.58. The minimum atomic E-state index is -0.385. The molecule has 0 aliphatic rings. The number of hydrogen-bond donors (Lipinski definition) is 4. The van der Waals surface area contributed by atoms with Crippen LogP contribution in [0.15, 0.2) is 42.5 Å². The number of phenolic OH excluding ortho intramolecular Hbond substituents is 2. The number of benzene rings is 2. The predicted octanol–water partition coefficient (Wildman–Crippen LogP) is 0.977. The van der Waals surface area contributed by atoms with Gasteiger partial charge in [-0.3, -0.25) is 9.59 Å². The number of primary amides is 1. The van der Waals surface area contributed by atoms with Crippen LogP contribution in [-0.4, -0.2) is 41.6 Å². The van der Waals surface area contributed by atoms with Gasteiger partial charge in [-0.25, -0.2) is 0 Å². The van der Waals surface area contributed by atoms with Gasteiger partial charge in [-0.05, 0) is 35.9 Å². The Morgan fingerprint density at radius 2 is 1.76 bits per heavy atom. The first-order valence-electron chi connectivity index (χ1n) is 7.71. The number of ketones is 1. The zero-order chi connectivity index (χ0) is 18.2. The Bertz CT molecular complexity index is 744. The number of nitrogens with one attached hydrogen (secondary N) is 1. The van der Waals surface area contributed by atoms with Gasteiger partial charge in [0, 0.05) is 12.1 Å². The zero-order valence-electron chi connectivity index (χ0n) is 13.6. The summed E-state index contributed by atoms with van der Waals surface area (Å²) in [6.07, 6.45) is 0.191. The highest BCUT2D eigenvalue weighted by atomic mass is 16.5. The van der Waals surface area contributed by atoms with Gasteiger partial charge in [-0.2, -0.15) is 0 Å². The molecule has 0 radical (unpaired) electrons. The van der Waals surface area contributed by atoms with Gasteiger partial charge in [0.1, 0.15) is 12.4 Å². The lowest BCUT2D eigenvalue weighted by molar-refractivity contribution is -0.117. The summed E-state index contributed by atoms with van der Waals surface area (Å²) in [6, 6.07) is 11.0.